The first-order chi connectivity index (χ1) is 11.6. The van der Waals surface area contributed by atoms with E-state index < -0.39 is 0 Å². The van der Waals surface area contributed by atoms with Crippen LogP contribution in [-0.4, -0.2) is 14.5 Å². The first-order valence-electron chi connectivity index (χ1n) is 8.43. The Balaban J connectivity index is 1.76. The number of aromatic amines is 1. The third-order valence-electron chi connectivity index (χ3n) is 4.83. The number of rotatable bonds is 4. The molecule has 0 amide bonds. The van der Waals surface area contributed by atoms with E-state index in [-0.39, 0.29) is 5.43 Å². The lowest BCUT2D eigenvalue weighted by atomic mass is 10.1. The molecule has 1 aromatic carbocycles. The van der Waals surface area contributed by atoms with Gasteiger partial charge in [-0.1, -0.05) is 30.3 Å². The molecule has 0 atom stereocenters. The summed E-state index contributed by atoms with van der Waals surface area (Å²) in [5.74, 6) is 0.584. The molecule has 0 spiro atoms. The Morgan fingerprint density at radius 3 is 2.67 bits per heavy atom. The highest BCUT2D eigenvalue weighted by Gasteiger charge is 2.30. The Morgan fingerprint density at radius 2 is 1.96 bits per heavy atom. The zero-order chi connectivity index (χ0) is 16.7. The number of H-pyrrole nitrogens is 1. The van der Waals surface area contributed by atoms with Crippen molar-refractivity contribution < 1.29 is 0 Å². The Morgan fingerprint density at radius 1 is 1.21 bits per heavy atom. The molecule has 1 aliphatic rings. The van der Waals surface area contributed by atoms with Crippen molar-refractivity contribution in [3.05, 3.63) is 75.6 Å². The largest absolute Gasteiger partial charge is 0.363 e. The number of hydrogen-bond acceptors (Lipinski definition) is 2. The van der Waals surface area contributed by atoms with Crippen LogP contribution >= 0.6 is 0 Å². The molecular formula is C20H21N3O. The minimum absolute atomic E-state index is 0.125. The summed E-state index contributed by atoms with van der Waals surface area (Å²) >= 11 is 0. The summed E-state index contributed by atoms with van der Waals surface area (Å²) in [5.41, 5.74) is 6.17. The van der Waals surface area contributed by atoms with Crippen molar-refractivity contribution in [3.63, 3.8) is 0 Å². The number of nitrogens with one attached hydrogen (secondary N) is 1. The van der Waals surface area contributed by atoms with Gasteiger partial charge in [-0.05, 0) is 26.7 Å². The van der Waals surface area contributed by atoms with Gasteiger partial charge in [0.15, 0.2) is 5.43 Å². The van der Waals surface area contributed by atoms with Gasteiger partial charge < -0.3 is 9.55 Å². The molecule has 1 N–H and O–H groups in total. The number of aryl methyl sites for hydroxylation is 1. The molecule has 4 heteroatoms. The number of nitrogens with zero attached hydrogens (tertiary/aromatic N) is 2. The summed E-state index contributed by atoms with van der Waals surface area (Å²) < 4.78 is 2.20. The van der Waals surface area contributed by atoms with Crippen LogP contribution in [0.5, 0.6) is 0 Å². The highest BCUT2D eigenvalue weighted by molar-refractivity contribution is 5.63. The molecule has 1 fully saturated rings. The molecule has 0 radical (unpaired) electrons. The summed E-state index contributed by atoms with van der Waals surface area (Å²) in [4.78, 5) is 20.2. The molecule has 1 aliphatic carbocycles. The lowest BCUT2D eigenvalue weighted by molar-refractivity contribution is 0.719. The molecule has 0 bridgehead atoms. The summed E-state index contributed by atoms with van der Waals surface area (Å²) in [6.07, 6.45) is 6.15. The second kappa shape index (κ2) is 5.78. The Labute approximate surface area is 141 Å². The van der Waals surface area contributed by atoms with Crippen molar-refractivity contribution in [2.24, 2.45) is 0 Å². The highest BCUT2D eigenvalue weighted by atomic mass is 16.1. The van der Waals surface area contributed by atoms with Crippen molar-refractivity contribution in [2.45, 2.75) is 39.2 Å². The lowest BCUT2D eigenvalue weighted by Crippen LogP contribution is -2.16. The Hall–Kier alpha value is -2.62. The molecule has 0 saturated heterocycles. The molecule has 2 aromatic heterocycles. The molecule has 4 rings (SSSR count). The van der Waals surface area contributed by atoms with E-state index in [4.69, 9.17) is 0 Å². The molecule has 1 saturated carbocycles. The third-order valence-corrected chi connectivity index (χ3v) is 4.83. The predicted octanol–water partition coefficient (Wildman–Crippen LogP) is 3.78. The van der Waals surface area contributed by atoms with Crippen LogP contribution in [0.1, 0.15) is 41.3 Å². The number of imidazole rings is 1. The van der Waals surface area contributed by atoms with E-state index in [9.17, 15) is 4.79 Å². The molecule has 4 nitrogen and oxygen atoms in total. The Kier molecular flexibility index (Phi) is 3.60. The number of pyridine rings is 1. The van der Waals surface area contributed by atoms with Crippen molar-refractivity contribution in [3.8, 4) is 11.3 Å². The smallest absolute Gasteiger partial charge is 0.187 e. The lowest BCUT2D eigenvalue weighted by Gasteiger charge is -2.12. The van der Waals surface area contributed by atoms with E-state index in [1.165, 1.54) is 18.5 Å². The first-order valence-corrected chi connectivity index (χ1v) is 8.43. The minimum Gasteiger partial charge on any atom is -0.363 e. The molecule has 3 aromatic rings. The predicted molar refractivity (Wildman–Crippen MR) is 95.3 cm³/mol. The van der Waals surface area contributed by atoms with E-state index >= 15 is 0 Å². The normalized spacial score (nSPS) is 14.1. The van der Waals surface area contributed by atoms with E-state index in [1.54, 1.807) is 6.20 Å². The van der Waals surface area contributed by atoms with Gasteiger partial charge in [0.2, 0.25) is 0 Å². The van der Waals surface area contributed by atoms with Crippen LogP contribution in [0.2, 0.25) is 0 Å². The van der Waals surface area contributed by atoms with Crippen LogP contribution in [0.4, 0.5) is 0 Å². The molecule has 2 heterocycles. The van der Waals surface area contributed by atoms with Gasteiger partial charge in [0.1, 0.15) is 0 Å². The van der Waals surface area contributed by atoms with E-state index in [0.717, 1.165) is 28.1 Å². The van der Waals surface area contributed by atoms with Gasteiger partial charge in [0.05, 0.1) is 18.6 Å². The van der Waals surface area contributed by atoms with E-state index in [2.05, 4.69) is 26.7 Å². The average molecular weight is 319 g/mol. The molecule has 0 aliphatic heterocycles. The van der Waals surface area contributed by atoms with Gasteiger partial charge in [-0.25, -0.2) is 4.98 Å². The zero-order valence-corrected chi connectivity index (χ0v) is 14.0. The zero-order valence-electron chi connectivity index (χ0n) is 14.0. The molecule has 122 valence electrons. The van der Waals surface area contributed by atoms with Gasteiger partial charge in [0, 0.05) is 40.2 Å². The van der Waals surface area contributed by atoms with Crippen LogP contribution in [-0.2, 0) is 6.54 Å². The monoisotopic (exact) mass is 319 g/mol. The quantitative estimate of drug-likeness (QED) is 0.795. The number of aromatic nitrogens is 3. The maximum Gasteiger partial charge on any atom is 0.187 e. The second-order valence-corrected chi connectivity index (χ2v) is 6.65. The summed E-state index contributed by atoms with van der Waals surface area (Å²) in [6, 6.07) is 10.3. The maximum atomic E-state index is 12.2. The summed E-state index contributed by atoms with van der Waals surface area (Å²) in [5, 5.41) is 0. The van der Waals surface area contributed by atoms with Crippen LogP contribution in [0, 0.1) is 13.8 Å². The SMILES string of the molecule is Cc1c[nH]c(Cn2cnc(-c3ccccc3)c2C2CC2)c(C)c1=O. The van der Waals surface area contributed by atoms with Gasteiger partial charge >= 0.3 is 0 Å². The van der Waals surface area contributed by atoms with Crippen LogP contribution < -0.4 is 5.43 Å². The fourth-order valence-corrected chi connectivity index (χ4v) is 3.26. The van der Waals surface area contributed by atoms with E-state index in [0.29, 0.717) is 12.5 Å². The molecule has 24 heavy (non-hydrogen) atoms. The molecule has 0 unspecified atom stereocenters. The maximum absolute atomic E-state index is 12.2. The van der Waals surface area contributed by atoms with Crippen LogP contribution in [0.25, 0.3) is 11.3 Å². The van der Waals surface area contributed by atoms with Crippen molar-refractivity contribution >= 4 is 0 Å². The third kappa shape index (κ3) is 2.58. The van der Waals surface area contributed by atoms with Crippen LogP contribution in [0.15, 0.2) is 47.7 Å². The average Bonchev–Trinajstić information content (AvgIpc) is 3.36. The molecular weight excluding hydrogens is 298 g/mol. The number of benzene rings is 1. The topological polar surface area (TPSA) is 50.7 Å². The minimum atomic E-state index is 0.125. The fourth-order valence-electron chi connectivity index (χ4n) is 3.26. The standard InChI is InChI=1S/C20H21N3O/c1-13-10-21-17(14(2)20(13)24)11-23-12-22-18(19(23)16-8-9-16)15-6-4-3-5-7-15/h3-7,10,12,16H,8-9,11H2,1-2H3,(H,21,24). The summed E-state index contributed by atoms with van der Waals surface area (Å²) in [7, 11) is 0. The van der Waals surface area contributed by atoms with Crippen molar-refractivity contribution in [2.75, 3.05) is 0 Å². The highest BCUT2D eigenvalue weighted by Crippen LogP contribution is 2.44. The van der Waals surface area contributed by atoms with Gasteiger partial charge in [0.25, 0.3) is 0 Å². The van der Waals surface area contributed by atoms with Crippen molar-refractivity contribution in [1.29, 1.82) is 0 Å². The summed E-state index contributed by atoms with van der Waals surface area (Å²) in [6.45, 7) is 4.40. The first kappa shape index (κ1) is 14.9. The van der Waals surface area contributed by atoms with Gasteiger partial charge in [-0.15, -0.1) is 0 Å². The second-order valence-electron chi connectivity index (χ2n) is 6.65. The van der Waals surface area contributed by atoms with E-state index in [1.807, 2.05) is 38.4 Å². The fraction of sp³-hybridized carbons (Fsp3) is 0.300. The van der Waals surface area contributed by atoms with Crippen molar-refractivity contribution in [1.82, 2.24) is 14.5 Å². The van der Waals surface area contributed by atoms with Crippen LogP contribution in [0.3, 0.4) is 0 Å². The van der Waals surface area contributed by atoms with Gasteiger partial charge in [-0.2, -0.15) is 0 Å². The number of hydrogen-bond donors (Lipinski definition) is 1. The van der Waals surface area contributed by atoms with Gasteiger partial charge in [-0.3, -0.25) is 4.79 Å². The Bertz CT molecular complexity index is 933.